The number of ether oxygens (including phenoxy) is 2. The largest absolute Gasteiger partial charge is 0.489 e. The first-order valence-corrected chi connectivity index (χ1v) is 18.8. The number of anilines is 1. The highest BCUT2D eigenvalue weighted by Crippen LogP contribution is 2.28. The van der Waals surface area contributed by atoms with Crippen LogP contribution < -0.4 is 15.4 Å². The van der Waals surface area contributed by atoms with E-state index in [1.165, 1.54) is 5.56 Å². The van der Waals surface area contributed by atoms with Gasteiger partial charge in [-0.15, -0.1) is 10.2 Å². The molecule has 0 unspecified atom stereocenters. The SMILES string of the molecule is C=C1/C=C\C=C/C[C@H](Oc2ccc3nnc(-c4cccc(CN5CCOCC5)c4)n3c2)CC[C@@H]1NC(=O)Nc1cc(C(C)(C)C)nn1-c1ccc(C)cc1. The van der Waals surface area contributed by atoms with Gasteiger partial charge in [-0.1, -0.05) is 87.5 Å². The number of hydrogen-bond acceptors (Lipinski definition) is 7. The fraction of sp³-hybridized carbons (Fsp3) is 0.349. The van der Waals surface area contributed by atoms with Crippen LogP contribution in [0.3, 0.4) is 0 Å². The molecule has 1 saturated heterocycles. The van der Waals surface area contributed by atoms with Crippen LogP contribution >= 0.6 is 0 Å². The Balaban J connectivity index is 1.05. The predicted molar refractivity (Wildman–Crippen MR) is 213 cm³/mol. The van der Waals surface area contributed by atoms with Crippen LogP contribution in [0.15, 0.2) is 109 Å². The van der Waals surface area contributed by atoms with Gasteiger partial charge in [0.1, 0.15) is 17.7 Å². The van der Waals surface area contributed by atoms with E-state index in [9.17, 15) is 4.79 Å². The Kier molecular flexibility index (Phi) is 11.1. The van der Waals surface area contributed by atoms with Crippen molar-refractivity contribution in [3.63, 3.8) is 0 Å². The Morgan fingerprint density at radius 3 is 2.61 bits per heavy atom. The molecule has 0 spiro atoms. The Hall–Kier alpha value is -5.52. The Morgan fingerprint density at radius 1 is 1.00 bits per heavy atom. The Labute approximate surface area is 317 Å². The average Bonchev–Trinajstić information content (AvgIpc) is 3.78. The zero-order valence-corrected chi connectivity index (χ0v) is 31.7. The van der Waals surface area contributed by atoms with Gasteiger partial charge in [0, 0.05) is 43.1 Å². The number of amides is 2. The minimum Gasteiger partial charge on any atom is -0.489 e. The number of pyridine rings is 1. The van der Waals surface area contributed by atoms with Crippen molar-refractivity contribution in [1.29, 1.82) is 0 Å². The average molecular weight is 727 g/mol. The lowest BCUT2D eigenvalue weighted by Gasteiger charge is -2.26. The third-order valence-corrected chi connectivity index (χ3v) is 9.86. The molecule has 1 aliphatic heterocycles. The fourth-order valence-corrected chi connectivity index (χ4v) is 6.72. The van der Waals surface area contributed by atoms with E-state index in [0.29, 0.717) is 25.1 Å². The van der Waals surface area contributed by atoms with Crippen molar-refractivity contribution in [3.05, 3.63) is 126 Å². The van der Waals surface area contributed by atoms with Gasteiger partial charge in [-0.2, -0.15) is 5.10 Å². The van der Waals surface area contributed by atoms with Crippen LogP contribution in [-0.2, 0) is 16.7 Å². The van der Waals surface area contributed by atoms with Crippen molar-refractivity contribution in [2.45, 2.75) is 71.1 Å². The summed E-state index contributed by atoms with van der Waals surface area (Å²) in [6.45, 7) is 17.0. The lowest BCUT2D eigenvalue weighted by molar-refractivity contribution is 0.0342. The highest BCUT2D eigenvalue weighted by molar-refractivity contribution is 5.89. The number of rotatable bonds is 8. The summed E-state index contributed by atoms with van der Waals surface area (Å²) in [5.74, 6) is 2.08. The fourth-order valence-electron chi connectivity index (χ4n) is 6.72. The molecule has 2 aromatic carbocycles. The van der Waals surface area contributed by atoms with Gasteiger partial charge in [-0.25, -0.2) is 9.48 Å². The predicted octanol–water partition coefficient (Wildman–Crippen LogP) is 7.81. The molecule has 2 N–H and O–H groups in total. The van der Waals surface area contributed by atoms with Gasteiger partial charge >= 0.3 is 6.03 Å². The molecule has 7 rings (SSSR count). The van der Waals surface area contributed by atoms with Crippen molar-refractivity contribution in [2.75, 3.05) is 31.6 Å². The maximum atomic E-state index is 13.6. The quantitative estimate of drug-likeness (QED) is 0.168. The molecule has 11 heteroatoms. The number of fused-ring (bicyclic) bond motifs is 1. The molecule has 0 saturated carbocycles. The van der Waals surface area contributed by atoms with E-state index >= 15 is 0 Å². The van der Waals surface area contributed by atoms with Crippen LogP contribution in [0.2, 0.25) is 0 Å². The zero-order valence-electron chi connectivity index (χ0n) is 31.7. The summed E-state index contributed by atoms with van der Waals surface area (Å²) < 4.78 is 15.9. The first-order chi connectivity index (χ1) is 26.1. The number of morpholine rings is 1. The summed E-state index contributed by atoms with van der Waals surface area (Å²) in [7, 11) is 0. The summed E-state index contributed by atoms with van der Waals surface area (Å²) >= 11 is 0. The number of urea groups is 1. The smallest absolute Gasteiger partial charge is 0.320 e. The third kappa shape index (κ3) is 8.98. The van der Waals surface area contributed by atoms with Gasteiger partial charge in [-0.05, 0) is 61.2 Å². The van der Waals surface area contributed by atoms with E-state index in [0.717, 1.165) is 78.2 Å². The van der Waals surface area contributed by atoms with E-state index in [1.807, 2.05) is 78.2 Å². The number of benzene rings is 2. The third-order valence-electron chi connectivity index (χ3n) is 9.86. The molecule has 3 aromatic heterocycles. The van der Waals surface area contributed by atoms with Crippen molar-refractivity contribution < 1.29 is 14.3 Å². The number of nitrogens with zero attached hydrogens (tertiary/aromatic N) is 6. The van der Waals surface area contributed by atoms with Crippen LogP contribution in [0.1, 0.15) is 56.9 Å². The number of nitrogens with one attached hydrogen (secondary N) is 2. The highest BCUT2D eigenvalue weighted by atomic mass is 16.5. The van der Waals surface area contributed by atoms with Crippen molar-refractivity contribution in [2.24, 2.45) is 0 Å². The minimum atomic E-state index is -0.326. The molecule has 0 radical (unpaired) electrons. The summed E-state index contributed by atoms with van der Waals surface area (Å²) in [5, 5.41) is 20.1. The molecule has 11 nitrogen and oxygen atoms in total. The van der Waals surface area contributed by atoms with Gasteiger partial charge in [0.15, 0.2) is 11.5 Å². The van der Waals surface area contributed by atoms with Gasteiger partial charge < -0.3 is 14.8 Å². The zero-order chi connectivity index (χ0) is 37.7. The molecule has 1 aliphatic carbocycles. The molecule has 2 atom stereocenters. The Bertz CT molecular complexity index is 2150. The maximum Gasteiger partial charge on any atom is 0.320 e. The number of aromatic nitrogens is 5. The van der Waals surface area contributed by atoms with Gasteiger partial charge in [0.05, 0.1) is 36.8 Å². The molecule has 280 valence electrons. The number of hydrogen-bond donors (Lipinski definition) is 2. The summed E-state index contributed by atoms with van der Waals surface area (Å²) in [5.41, 5.74) is 6.49. The monoisotopic (exact) mass is 726 g/mol. The molecule has 2 amide bonds. The number of carbonyl (C=O) groups is 1. The summed E-state index contributed by atoms with van der Waals surface area (Å²) in [6.07, 6.45) is 11.9. The Morgan fingerprint density at radius 2 is 1.81 bits per heavy atom. The van der Waals surface area contributed by atoms with E-state index < -0.39 is 0 Å². The van der Waals surface area contributed by atoms with Crippen LogP contribution in [0.25, 0.3) is 22.7 Å². The standard InChI is InChI=1S/C43H50N8O3/c1-30-14-16-34(17-15-30)51-40(27-38(48-51)43(3,4)5)45-42(52)44-37-20-18-35(13-8-6-7-10-31(37)2)54-36-19-21-39-46-47-41(50(39)29-36)33-12-9-11-32(26-33)28-49-22-24-53-25-23-49/h6-12,14-17,19,21,26-27,29,35,37H,2,13,18,20,22-25,28H2,1,3-5H3,(H2,44,45,52)/b8-6-,10-7-/t35-,37-/m0/s1. The second kappa shape index (κ2) is 16.2. The van der Waals surface area contributed by atoms with Crippen molar-refractivity contribution in [1.82, 2.24) is 34.6 Å². The van der Waals surface area contributed by atoms with Crippen molar-refractivity contribution >= 4 is 17.5 Å². The van der Waals surface area contributed by atoms with Gasteiger partial charge in [0.25, 0.3) is 0 Å². The maximum absolute atomic E-state index is 13.6. The van der Waals surface area contributed by atoms with Crippen molar-refractivity contribution in [3.8, 4) is 22.8 Å². The van der Waals surface area contributed by atoms with E-state index in [2.05, 4.69) is 83.4 Å². The van der Waals surface area contributed by atoms with Crippen LogP contribution in [0, 0.1) is 6.92 Å². The molecular formula is C43H50N8O3. The van der Waals surface area contributed by atoms with E-state index in [4.69, 9.17) is 14.6 Å². The van der Waals surface area contributed by atoms with Gasteiger partial charge in [-0.3, -0.25) is 14.6 Å². The van der Waals surface area contributed by atoms with E-state index in [1.54, 1.807) is 4.68 Å². The molecule has 1 fully saturated rings. The van der Waals surface area contributed by atoms with Crippen LogP contribution in [0.5, 0.6) is 5.75 Å². The normalized spacial score (nSPS) is 19.7. The molecule has 54 heavy (non-hydrogen) atoms. The summed E-state index contributed by atoms with van der Waals surface area (Å²) in [6, 6.07) is 21.8. The molecule has 5 aromatic rings. The first kappa shape index (κ1) is 36.8. The topological polar surface area (TPSA) is 111 Å². The molecule has 0 bridgehead atoms. The second-order valence-electron chi connectivity index (χ2n) is 15.2. The second-order valence-corrected chi connectivity index (χ2v) is 15.2. The highest BCUT2D eigenvalue weighted by Gasteiger charge is 2.24. The van der Waals surface area contributed by atoms with Crippen LogP contribution in [-0.4, -0.2) is 73.8 Å². The molecule has 2 aliphatic rings. The molecule has 4 heterocycles. The first-order valence-electron chi connectivity index (χ1n) is 18.8. The summed E-state index contributed by atoms with van der Waals surface area (Å²) in [4.78, 5) is 16.0. The number of carbonyl (C=O) groups excluding carboxylic acids is 1. The van der Waals surface area contributed by atoms with Crippen LogP contribution in [0.4, 0.5) is 10.6 Å². The number of aryl methyl sites for hydroxylation is 1. The van der Waals surface area contributed by atoms with Gasteiger partial charge in [0.2, 0.25) is 0 Å². The minimum absolute atomic E-state index is 0.139. The molecular weight excluding hydrogens is 677 g/mol. The lowest BCUT2D eigenvalue weighted by Crippen LogP contribution is -2.40. The lowest BCUT2D eigenvalue weighted by atomic mass is 9.92. The number of allylic oxidation sites excluding steroid dienone is 2. The van der Waals surface area contributed by atoms with E-state index in [-0.39, 0.29) is 23.6 Å².